The molecule has 0 fully saturated rings. The van der Waals surface area contributed by atoms with Crippen LogP contribution in [0.2, 0.25) is 0 Å². The van der Waals surface area contributed by atoms with Gasteiger partial charge in [0.05, 0.1) is 16.9 Å². The molecular weight excluding hydrogens is 411 g/mol. The van der Waals surface area contributed by atoms with E-state index in [1.807, 2.05) is 36.8 Å². The van der Waals surface area contributed by atoms with E-state index in [4.69, 9.17) is 4.74 Å². The second-order valence-corrected chi connectivity index (χ2v) is 8.41. The number of fused-ring (bicyclic) bond motifs is 1. The van der Waals surface area contributed by atoms with Crippen molar-refractivity contribution in [1.29, 1.82) is 0 Å². The van der Waals surface area contributed by atoms with E-state index < -0.39 is 0 Å². The predicted molar refractivity (Wildman–Crippen MR) is 120 cm³/mol. The number of hydrogen-bond donors (Lipinski definition) is 0. The van der Waals surface area contributed by atoms with Crippen LogP contribution in [0.5, 0.6) is 5.75 Å². The van der Waals surface area contributed by atoms with Gasteiger partial charge in [0.1, 0.15) is 30.3 Å². The summed E-state index contributed by atoms with van der Waals surface area (Å²) in [5, 5.41) is 0. The molecule has 0 aliphatic carbocycles. The number of anilines is 1. The van der Waals surface area contributed by atoms with Crippen molar-refractivity contribution in [2.75, 3.05) is 18.1 Å². The average molecular weight is 433 g/mol. The first-order chi connectivity index (χ1) is 15.2. The summed E-state index contributed by atoms with van der Waals surface area (Å²) < 4.78 is 19.4. The Bertz CT molecular complexity index is 1190. The van der Waals surface area contributed by atoms with Gasteiger partial charge in [-0.2, -0.15) is 0 Å². The van der Waals surface area contributed by atoms with E-state index in [0.717, 1.165) is 50.9 Å². The summed E-state index contributed by atoms with van der Waals surface area (Å²) in [6.45, 7) is 3.98. The highest BCUT2D eigenvalue weighted by molar-refractivity contribution is 7.13. The summed E-state index contributed by atoms with van der Waals surface area (Å²) in [6.07, 6.45) is 4.14. The molecule has 5 nitrogen and oxygen atoms in total. The molecule has 0 bridgehead atoms. The predicted octanol–water partition coefficient (Wildman–Crippen LogP) is 5.04. The first-order valence-corrected chi connectivity index (χ1v) is 11.0. The van der Waals surface area contributed by atoms with Crippen molar-refractivity contribution in [3.05, 3.63) is 88.7 Å². The molecule has 3 heterocycles. The van der Waals surface area contributed by atoms with Crippen LogP contribution in [-0.2, 0) is 13.0 Å². The molecule has 1 aliphatic heterocycles. The summed E-state index contributed by atoms with van der Waals surface area (Å²) in [7, 11) is 0. The van der Waals surface area contributed by atoms with E-state index >= 15 is 0 Å². The topological polar surface area (TPSA) is 51.1 Å². The van der Waals surface area contributed by atoms with Gasteiger partial charge in [0.25, 0.3) is 0 Å². The van der Waals surface area contributed by atoms with Crippen LogP contribution in [-0.4, -0.2) is 28.1 Å². The Labute approximate surface area is 184 Å². The van der Waals surface area contributed by atoms with Gasteiger partial charge >= 0.3 is 0 Å². The van der Waals surface area contributed by atoms with Gasteiger partial charge in [-0.05, 0) is 48.4 Å². The molecule has 31 heavy (non-hydrogen) atoms. The first-order valence-electron chi connectivity index (χ1n) is 10.1. The molecule has 1 aliphatic rings. The van der Waals surface area contributed by atoms with Gasteiger partial charge < -0.3 is 9.64 Å². The van der Waals surface area contributed by atoms with Crippen LogP contribution in [0.25, 0.3) is 10.4 Å². The summed E-state index contributed by atoms with van der Waals surface area (Å²) in [5.74, 6) is 1.57. The molecule has 0 N–H and O–H groups in total. The third-order valence-electron chi connectivity index (χ3n) is 5.49. The van der Waals surface area contributed by atoms with Gasteiger partial charge in [-0.15, -0.1) is 11.3 Å². The monoisotopic (exact) mass is 432 g/mol. The molecule has 0 amide bonds. The van der Waals surface area contributed by atoms with E-state index in [-0.39, 0.29) is 5.82 Å². The lowest BCUT2D eigenvalue weighted by molar-refractivity contribution is 0.331. The zero-order chi connectivity index (χ0) is 21.2. The van der Waals surface area contributed by atoms with Crippen molar-refractivity contribution >= 4 is 17.2 Å². The summed E-state index contributed by atoms with van der Waals surface area (Å²) in [5.41, 5.74) is 7.10. The minimum Gasteiger partial charge on any atom is -0.491 e. The quantitative estimate of drug-likeness (QED) is 0.452. The van der Waals surface area contributed by atoms with Crippen LogP contribution >= 0.6 is 11.3 Å². The molecule has 156 valence electrons. The second-order valence-electron chi connectivity index (χ2n) is 7.52. The number of aromatic nitrogens is 3. The number of halogens is 1. The van der Waals surface area contributed by atoms with Crippen molar-refractivity contribution in [3.63, 3.8) is 0 Å². The summed E-state index contributed by atoms with van der Waals surface area (Å²) in [4.78, 5) is 16.6. The van der Waals surface area contributed by atoms with E-state index in [9.17, 15) is 4.39 Å². The maximum atomic E-state index is 13.3. The number of benzene rings is 2. The lowest BCUT2D eigenvalue weighted by atomic mass is 10.0. The first kappa shape index (κ1) is 19.6. The van der Waals surface area contributed by atoms with Crippen LogP contribution in [0, 0.1) is 12.7 Å². The summed E-state index contributed by atoms with van der Waals surface area (Å²) >= 11 is 1.62. The molecule has 7 heteroatoms. The third-order valence-corrected chi connectivity index (χ3v) is 6.31. The Morgan fingerprint density at radius 1 is 1.13 bits per heavy atom. The number of aryl methyl sites for hydroxylation is 1. The fraction of sp³-hybridized carbons (Fsp3) is 0.208. The standard InChI is InChI=1S/C24H21FN4OS/c1-16-21(10-17-2-5-20(25)6-3-17)24(28-14-27-16)29-8-9-30-22-7-4-18(11-19(22)13-29)23-12-26-15-31-23/h2-7,11-12,14-15H,8-10,13H2,1H3. The SMILES string of the molecule is Cc1ncnc(N2CCOc3ccc(-c4cncs4)cc3C2)c1Cc1ccc(F)cc1. The van der Waals surface area contributed by atoms with Gasteiger partial charge in [0.2, 0.25) is 0 Å². The van der Waals surface area contributed by atoms with Crippen molar-refractivity contribution in [1.82, 2.24) is 15.0 Å². The zero-order valence-electron chi connectivity index (χ0n) is 17.1. The number of hydrogen-bond acceptors (Lipinski definition) is 6. The Morgan fingerprint density at radius 2 is 2.00 bits per heavy atom. The molecule has 0 saturated carbocycles. The van der Waals surface area contributed by atoms with Crippen molar-refractivity contribution < 1.29 is 9.13 Å². The van der Waals surface area contributed by atoms with Gasteiger partial charge in [0, 0.05) is 36.0 Å². The minimum absolute atomic E-state index is 0.233. The van der Waals surface area contributed by atoms with Crippen LogP contribution in [0.4, 0.5) is 10.2 Å². The Morgan fingerprint density at radius 3 is 2.81 bits per heavy atom. The van der Waals surface area contributed by atoms with E-state index in [1.54, 1.807) is 17.7 Å². The van der Waals surface area contributed by atoms with Crippen LogP contribution in [0.15, 0.2) is 60.5 Å². The molecule has 0 atom stereocenters. The lowest BCUT2D eigenvalue weighted by Gasteiger charge is -2.24. The smallest absolute Gasteiger partial charge is 0.136 e. The van der Waals surface area contributed by atoms with Gasteiger partial charge in [0.15, 0.2) is 0 Å². The van der Waals surface area contributed by atoms with E-state index in [1.165, 1.54) is 12.1 Å². The number of thiazole rings is 1. The molecular formula is C24H21FN4OS. The Kier molecular flexibility index (Phi) is 5.34. The number of rotatable bonds is 4. The normalized spacial score (nSPS) is 13.4. The highest BCUT2D eigenvalue weighted by Gasteiger charge is 2.21. The fourth-order valence-corrected chi connectivity index (χ4v) is 4.48. The maximum Gasteiger partial charge on any atom is 0.136 e. The molecule has 2 aromatic carbocycles. The molecule has 2 aromatic heterocycles. The second kappa shape index (κ2) is 8.43. The minimum atomic E-state index is -0.233. The molecule has 0 spiro atoms. The molecule has 0 saturated heterocycles. The average Bonchev–Trinajstić information content (AvgIpc) is 3.23. The number of nitrogens with zero attached hydrogens (tertiary/aromatic N) is 4. The molecule has 5 rings (SSSR count). The highest BCUT2D eigenvalue weighted by atomic mass is 32.1. The maximum absolute atomic E-state index is 13.3. The lowest BCUT2D eigenvalue weighted by Crippen LogP contribution is -2.28. The zero-order valence-corrected chi connectivity index (χ0v) is 17.9. The van der Waals surface area contributed by atoms with Crippen molar-refractivity contribution in [2.24, 2.45) is 0 Å². The largest absolute Gasteiger partial charge is 0.491 e. The van der Waals surface area contributed by atoms with Crippen molar-refractivity contribution in [2.45, 2.75) is 19.9 Å². The Hall–Kier alpha value is -3.32. The molecule has 0 unspecified atom stereocenters. The Balaban J connectivity index is 1.49. The number of ether oxygens (including phenoxy) is 1. The summed E-state index contributed by atoms with van der Waals surface area (Å²) in [6, 6.07) is 12.9. The third kappa shape index (κ3) is 4.14. The fourth-order valence-electron chi connectivity index (χ4n) is 3.86. The van der Waals surface area contributed by atoms with Gasteiger partial charge in [-0.3, -0.25) is 4.98 Å². The van der Waals surface area contributed by atoms with E-state index in [2.05, 4.69) is 32.0 Å². The van der Waals surface area contributed by atoms with E-state index in [0.29, 0.717) is 19.6 Å². The molecule has 4 aromatic rings. The van der Waals surface area contributed by atoms with Crippen molar-refractivity contribution in [3.8, 4) is 16.2 Å². The highest BCUT2D eigenvalue weighted by Crippen LogP contribution is 2.33. The van der Waals surface area contributed by atoms with Gasteiger partial charge in [-0.1, -0.05) is 12.1 Å². The van der Waals surface area contributed by atoms with Crippen LogP contribution in [0.1, 0.15) is 22.4 Å². The van der Waals surface area contributed by atoms with Crippen LogP contribution < -0.4 is 9.64 Å². The van der Waals surface area contributed by atoms with Crippen LogP contribution in [0.3, 0.4) is 0 Å². The molecule has 0 radical (unpaired) electrons. The van der Waals surface area contributed by atoms with Gasteiger partial charge in [-0.25, -0.2) is 14.4 Å².